The summed E-state index contributed by atoms with van der Waals surface area (Å²) in [5.74, 6) is -1.65. The molecule has 0 amide bonds. The number of hydrogen-bond donors (Lipinski definition) is 0. The smallest absolute Gasteiger partial charge is 0.411 e. The molecule has 0 aliphatic carbocycles. The van der Waals surface area contributed by atoms with Gasteiger partial charge in [-0.2, -0.15) is 26.3 Å². The number of halogens is 6. The Hall–Kier alpha value is -2.16. The van der Waals surface area contributed by atoms with Gasteiger partial charge in [0.05, 0.1) is 39.6 Å². The normalized spacial score (nSPS) is 14.1. The lowest BCUT2D eigenvalue weighted by Crippen LogP contribution is -2.35. The van der Waals surface area contributed by atoms with Crippen LogP contribution in [-0.4, -0.2) is 89.4 Å². The zero-order valence-electron chi connectivity index (χ0n) is 21.3. The monoisotopic (exact) mass is 552 g/mol. The predicted molar refractivity (Wildman–Crippen MR) is 119 cm³/mol. The number of carbonyl (C=O) groups excluding carboxylic acids is 2. The largest absolute Gasteiger partial charge is 0.454 e. The van der Waals surface area contributed by atoms with Crippen molar-refractivity contribution >= 4 is 11.9 Å². The number of carbonyl (C=O) groups is 2. The van der Waals surface area contributed by atoms with Gasteiger partial charge in [0, 0.05) is 16.6 Å². The third-order valence-corrected chi connectivity index (χ3v) is 3.98. The number of ether oxygens (including phenoxy) is 6. The first kappa shape index (κ1) is 34.8. The molecular formula is C23H34F6O8. The van der Waals surface area contributed by atoms with E-state index in [2.05, 4.69) is 22.6 Å². The van der Waals surface area contributed by atoms with Crippen LogP contribution >= 0.6 is 0 Å². The molecule has 8 nitrogen and oxygen atoms in total. The molecule has 14 heteroatoms. The van der Waals surface area contributed by atoms with Gasteiger partial charge in [0.25, 0.3) is 0 Å². The van der Waals surface area contributed by atoms with Crippen LogP contribution < -0.4 is 0 Å². The van der Waals surface area contributed by atoms with Gasteiger partial charge in [0.2, 0.25) is 0 Å². The lowest BCUT2D eigenvalue weighted by Gasteiger charge is -2.27. The highest BCUT2D eigenvalue weighted by Crippen LogP contribution is 2.19. The summed E-state index contributed by atoms with van der Waals surface area (Å²) < 4.78 is 104. The van der Waals surface area contributed by atoms with Gasteiger partial charge in [-0.1, -0.05) is 27.0 Å². The van der Waals surface area contributed by atoms with Crippen molar-refractivity contribution in [1.29, 1.82) is 0 Å². The van der Waals surface area contributed by atoms with Gasteiger partial charge in [0.1, 0.15) is 25.4 Å². The fourth-order valence-electron chi connectivity index (χ4n) is 2.32. The van der Waals surface area contributed by atoms with Crippen molar-refractivity contribution < 1.29 is 64.4 Å². The lowest BCUT2D eigenvalue weighted by molar-refractivity contribution is -0.185. The summed E-state index contributed by atoms with van der Waals surface area (Å²) in [6.07, 6.45) is -11.4. The Morgan fingerprint density at radius 3 is 1.14 bits per heavy atom. The maximum atomic E-state index is 12.3. The minimum atomic E-state index is -4.56. The molecule has 0 aliphatic rings. The highest BCUT2D eigenvalue weighted by atomic mass is 19.4. The molecule has 0 fully saturated rings. The Bertz CT molecular complexity index is 688. The van der Waals surface area contributed by atoms with E-state index in [0.29, 0.717) is 0 Å². The number of alkyl halides is 6. The fourth-order valence-corrected chi connectivity index (χ4v) is 2.32. The van der Waals surface area contributed by atoms with Gasteiger partial charge in [0.15, 0.2) is 0 Å². The Labute approximate surface area is 211 Å². The molecule has 0 saturated heterocycles. The van der Waals surface area contributed by atoms with Crippen molar-refractivity contribution in [2.75, 3.05) is 52.9 Å². The topological polar surface area (TPSA) is 89.5 Å². The summed E-state index contributed by atoms with van der Waals surface area (Å²) in [7, 11) is 0. The third-order valence-electron chi connectivity index (χ3n) is 3.98. The molecule has 2 atom stereocenters. The molecule has 0 saturated carbocycles. The van der Waals surface area contributed by atoms with E-state index in [1.165, 1.54) is 13.8 Å². The van der Waals surface area contributed by atoms with E-state index in [1.807, 2.05) is 0 Å². The minimum absolute atomic E-state index is 0.00577. The van der Waals surface area contributed by atoms with Crippen LogP contribution in [0.25, 0.3) is 0 Å². The van der Waals surface area contributed by atoms with Crippen molar-refractivity contribution in [3.63, 3.8) is 0 Å². The minimum Gasteiger partial charge on any atom is -0.454 e. The van der Waals surface area contributed by atoms with E-state index in [-0.39, 0.29) is 37.6 Å². The van der Waals surface area contributed by atoms with Crippen LogP contribution in [0.5, 0.6) is 0 Å². The van der Waals surface area contributed by atoms with Gasteiger partial charge in [-0.3, -0.25) is 0 Å². The van der Waals surface area contributed by atoms with E-state index >= 15 is 0 Å². The van der Waals surface area contributed by atoms with Crippen molar-refractivity contribution in [3.8, 4) is 0 Å². The first-order valence-electron chi connectivity index (χ1n) is 11.0. The molecular weight excluding hydrogens is 518 g/mol. The third kappa shape index (κ3) is 19.6. The first-order chi connectivity index (χ1) is 16.8. The van der Waals surface area contributed by atoms with Crippen molar-refractivity contribution in [3.05, 3.63) is 24.3 Å². The number of hydrogen-bond acceptors (Lipinski definition) is 8. The predicted octanol–water partition coefficient (Wildman–Crippen LogP) is 4.18. The Kier molecular flexibility index (Phi) is 15.0. The molecule has 0 spiro atoms. The molecule has 0 aromatic rings. The van der Waals surface area contributed by atoms with E-state index in [0.717, 1.165) is 0 Å². The lowest BCUT2D eigenvalue weighted by atomic mass is 9.96. The zero-order valence-corrected chi connectivity index (χ0v) is 21.3. The summed E-state index contributed by atoms with van der Waals surface area (Å²) >= 11 is 0. The van der Waals surface area contributed by atoms with Gasteiger partial charge in [-0.15, -0.1) is 0 Å². The quantitative estimate of drug-likeness (QED) is 0.142. The van der Waals surface area contributed by atoms with Crippen LogP contribution in [0, 0.1) is 5.41 Å². The molecule has 0 bridgehead atoms. The van der Waals surface area contributed by atoms with Crippen LogP contribution in [0.2, 0.25) is 0 Å². The maximum absolute atomic E-state index is 12.3. The molecule has 0 heterocycles. The van der Waals surface area contributed by atoms with Gasteiger partial charge in [-0.25, -0.2) is 9.59 Å². The van der Waals surface area contributed by atoms with E-state index in [9.17, 15) is 35.9 Å². The molecule has 0 rings (SSSR count). The van der Waals surface area contributed by atoms with Crippen LogP contribution in [0.3, 0.4) is 0 Å². The van der Waals surface area contributed by atoms with Crippen LogP contribution in [-0.2, 0) is 38.0 Å². The SMILES string of the molecule is C=C(C)C(=O)OC(COCC(F)(F)F)COCC(C)(C)COCC(COCC(F)(F)F)OC(=O)C(=C)C. The van der Waals surface area contributed by atoms with Gasteiger partial charge >= 0.3 is 24.3 Å². The number of esters is 2. The van der Waals surface area contributed by atoms with E-state index in [1.54, 1.807) is 13.8 Å². The fraction of sp³-hybridized carbons (Fsp3) is 0.739. The highest BCUT2D eigenvalue weighted by molar-refractivity contribution is 5.87. The van der Waals surface area contributed by atoms with Gasteiger partial charge in [-0.05, 0) is 13.8 Å². The second-order valence-corrected chi connectivity index (χ2v) is 9.07. The average Bonchev–Trinajstić information content (AvgIpc) is 2.70. The summed E-state index contributed by atoms with van der Waals surface area (Å²) in [4.78, 5) is 23.5. The average molecular weight is 553 g/mol. The molecule has 37 heavy (non-hydrogen) atoms. The van der Waals surface area contributed by atoms with Crippen molar-refractivity contribution in [2.24, 2.45) is 5.41 Å². The first-order valence-corrected chi connectivity index (χ1v) is 11.0. The summed E-state index contributed by atoms with van der Waals surface area (Å²) in [5.41, 5.74) is -0.628. The van der Waals surface area contributed by atoms with Crippen LogP contribution in [0.15, 0.2) is 24.3 Å². The Morgan fingerprint density at radius 2 is 0.892 bits per heavy atom. The second-order valence-electron chi connectivity index (χ2n) is 9.07. The molecule has 0 aromatic heterocycles. The number of rotatable bonds is 18. The zero-order chi connectivity index (χ0) is 28.9. The molecule has 0 N–H and O–H groups in total. The van der Waals surface area contributed by atoms with Crippen molar-refractivity contribution in [2.45, 2.75) is 52.3 Å². The summed E-state index contributed by atoms with van der Waals surface area (Å²) in [5, 5.41) is 0. The molecule has 0 radical (unpaired) electrons. The Morgan fingerprint density at radius 1 is 0.622 bits per heavy atom. The van der Waals surface area contributed by atoms with Crippen molar-refractivity contribution in [1.82, 2.24) is 0 Å². The molecule has 216 valence electrons. The van der Waals surface area contributed by atoms with E-state index < -0.39 is 68.3 Å². The molecule has 0 aromatic carbocycles. The Balaban J connectivity index is 4.78. The van der Waals surface area contributed by atoms with E-state index in [4.69, 9.17) is 18.9 Å². The van der Waals surface area contributed by atoms with Gasteiger partial charge < -0.3 is 28.4 Å². The maximum Gasteiger partial charge on any atom is 0.411 e. The highest BCUT2D eigenvalue weighted by Gasteiger charge is 2.30. The molecule has 0 aliphatic heterocycles. The molecule has 2 unspecified atom stereocenters. The standard InChI is InChI=1S/C23H34F6O8/c1-15(2)19(30)36-17(9-34-13-22(24,25)26)7-32-11-21(5,6)12-33-8-18(37-20(31)16(3)4)10-35-14-23(27,28)29/h17-18H,1,3,7-14H2,2,4-6H3. The second kappa shape index (κ2) is 15.9. The van der Waals surface area contributed by atoms with Crippen LogP contribution in [0.1, 0.15) is 27.7 Å². The van der Waals surface area contributed by atoms with Crippen LogP contribution in [0.4, 0.5) is 26.3 Å². The summed E-state index contributed by atoms with van der Waals surface area (Å²) in [6.45, 7) is 8.17. The summed E-state index contributed by atoms with van der Waals surface area (Å²) in [6, 6.07) is 0.